The maximum absolute atomic E-state index is 14.7. The van der Waals surface area contributed by atoms with Crippen molar-refractivity contribution in [2.24, 2.45) is 5.92 Å². The maximum atomic E-state index is 14.7. The molecule has 4 rings (SSSR count). The van der Waals surface area contributed by atoms with Crippen LogP contribution in [-0.4, -0.2) is 39.2 Å². The molecule has 1 amide bonds. The fourth-order valence-electron chi connectivity index (χ4n) is 3.73. The summed E-state index contributed by atoms with van der Waals surface area (Å²) in [5.74, 6) is -3.51. The number of hydrogen-bond donors (Lipinski definition) is 1. The summed E-state index contributed by atoms with van der Waals surface area (Å²) in [5, 5.41) is 13.7. The second-order valence-corrected chi connectivity index (χ2v) is 7.59. The lowest BCUT2D eigenvalue weighted by Gasteiger charge is -2.28. The van der Waals surface area contributed by atoms with Crippen molar-refractivity contribution in [1.82, 2.24) is 9.78 Å². The van der Waals surface area contributed by atoms with E-state index in [-0.39, 0.29) is 46.7 Å². The molecule has 154 valence electrons. The number of carbonyl (C=O) groups is 3. The first kappa shape index (κ1) is 20.0. The zero-order chi connectivity index (χ0) is 21.6. The highest BCUT2D eigenvalue weighted by Gasteiger charge is 2.34. The van der Waals surface area contributed by atoms with Gasteiger partial charge in [-0.3, -0.25) is 19.3 Å². The highest BCUT2D eigenvalue weighted by atomic mass is 35.5. The number of halogens is 2. The number of fused-ring (bicyclic) bond motifs is 1. The summed E-state index contributed by atoms with van der Waals surface area (Å²) in [6, 6.07) is 9.23. The third-order valence-corrected chi connectivity index (χ3v) is 5.61. The van der Waals surface area contributed by atoms with E-state index in [0.717, 1.165) is 4.68 Å². The molecule has 1 atom stereocenters. The molecule has 9 heteroatoms. The maximum Gasteiger partial charge on any atom is 0.307 e. The molecular formula is C21H17ClFN3O4. The number of piperidine rings is 1. The zero-order valence-corrected chi connectivity index (χ0v) is 16.7. The summed E-state index contributed by atoms with van der Waals surface area (Å²) < 4.78 is 15.8. The van der Waals surface area contributed by atoms with Crippen LogP contribution in [0.3, 0.4) is 0 Å². The molecule has 0 spiro atoms. The Morgan fingerprint density at radius 1 is 1.23 bits per heavy atom. The van der Waals surface area contributed by atoms with E-state index in [1.807, 2.05) is 0 Å². The van der Waals surface area contributed by atoms with Crippen molar-refractivity contribution in [2.75, 3.05) is 11.4 Å². The summed E-state index contributed by atoms with van der Waals surface area (Å²) in [6.45, 7) is 1.79. The van der Waals surface area contributed by atoms with Crippen molar-refractivity contribution in [1.29, 1.82) is 0 Å². The third kappa shape index (κ3) is 3.23. The average Bonchev–Trinajstić information content (AvgIpc) is 3.08. The molecule has 1 aliphatic rings. The van der Waals surface area contributed by atoms with Gasteiger partial charge in [0.2, 0.25) is 5.91 Å². The second kappa shape index (κ2) is 7.53. The van der Waals surface area contributed by atoms with Gasteiger partial charge in [-0.1, -0.05) is 29.8 Å². The largest absolute Gasteiger partial charge is 0.481 e. The molecule has 3 aromatic rings. The van der Waals surface area contributed by atoms with Crippen molar-refractivity contribution in [2.45, 2.75) is 19.8 Å². The lowest BCUT2D eigenvalue weighted by atomic mass is 9.96. The van der Waals surface area contributed by atoms with Gasteiger partial charge in [-0.05, 0) is 37.1 Å². The summed E-state index contributed by atoms with van der Waals surface area (Å²) in [7, 11) is 0. The van der Waals surface area contributed by atoms with Crippen LogP contribution < -0.4 is 4.90 Å². The molecule has 1 aromatic heterocycles. The minimum Gasteiger partial charge on any atom is -0.481 e. The Kier molecular flexibility index (Phi) is 5.03. The van der Waals surface area contributed by atoms with E-state index >= 15 is 0 Å². The van der Waals surface area contributed by atoms with Gasteiger partial charge in [0, 0.05) is 13.0 Å². The van der Waals surface area contributed by atoms with Crippen molar-refractivity contribution in [3.63, 3.8) is 0 Å². The van der Waals surface area contributed by atoms with E-state index in [0.29, 0.717) is 5.56 Å². The van der Waals surface area contributed by atoms with E-state index in [1.54, 1.807) is 25.1 Å². The first-order valence-electron chi connectivity index (χ1n) is 9.29. The molecular weight excluding hydrogens is 413 g/mol. The van der Waals surface area contributed by atoms with Crippen LogP contribution in [0.5, 0.6) is 0 Å². The molecule has 7 nitrogen and oxygen atoms in total. The van der Waals surface area contributed by atoms with Gasteiger partial charge in [0.1, 0.15) is 5.82 Å². The van der Waals surface area contributed by atoms with E-state index in [9.17, 15) is 23.9 Å². The number of carboxylic acids is 1. The van der Waals surface area contributed by atoms with Crippen LogP contribution >= 0.6 is 11.6 Å². The molecule has 2 aromatic carbocycles. The molecule has 30 heavy (non-hydrogen) atoms. The number of aryl methyl sites for hydroxylation is 1. The molecule has 0 saturated carbocycles. The molecule has 2 heterocycles. The number of aromatic nitrogens is 2. The summed E-state index contributed by atoms with van der Waals surface area (Å²) in [6.07, 6.45) is -0.00282. The molecule has 0 bridgehead atoms. The molecule has 1 fully saturated rings. The summed E-state index contributed by atoms with van der Waals surface area (Å²) in [5.41, 5.74) is 1.06. The van der Waals surface area contributed by atoms with Crippen LogP contribution in [0.4, 0.5) is 10.2 Å². The van der Waals surface area contributed by atoms with Gasteiger partial charge in [-0.2, -0.15) is 4.68 Å². The minimum atomic E-state index is -1.05. The first-order valence-corrected chi connectivity index (χ1v) is 9.67. The van der Waals surface area contributed by atoms with Crippen molar-refractivity contribution in [3.8, 4) is 0 Å². The third-order valence-electron chi connectivity index (χ3n) is 5.29. The van der Waals surface area contributed by atoms with Gasteiger partial charge in [0.05, 0.1) is 27.4 Å². The number of aliphatic carboxylic acids is 1. The molecule has 0 radical (unpaired) electrons. The molecule has 1 saturated heterocycles. The molecule has 1 N–H and O–H groups in total. The van der Waals surface area contributed by atoms with Gasteiger partial charge in [0.15, 0.2) is 5.82 Å². The summed E-state index contributed by atoms with van der Waals surface area (Å²) >= 11 is 6.22. The Hall–Kier alpha value is -3.26. The Bertz CT molecular complexity index is 1190. The molecule has 1 unspecified atom stereocenters. The second-order valence-electron chi connectivity index (χ2n) is 7.18. The van der Waals surface area contributed by atoms with Crippen LogP contribution in [0.1, 0.15) is 28.8 Å². The van der Waals surface area contributed by atoms with Crippen LogP contribution in [0.25, 0.3) is 10.9 Å². The smallest absolute Gasteiger partial charge is 0.307 e. The normalized spacial score (nSPS) is 16.8. The van der Waals surface area contributed by atoms with Gasteiger partial charge in [0.25, 0.3) is 5.91 Å². The van der Waals surface area contributed by atoms with E-state index in [2.05, 4.69) is 5.10 Å². The van der Waals surface area contributed by atoms with Gasteiger partial charge in [-0.15, -0.1) is 5.10 Å². The monoisotopic (exact) mass is 429 g/mol. The first-order chi connectivity index (χ1) is 14.3. The number of rotatable bonds is 3. The van der Waals surface area contributed by atoms with Crippen molar-refractivity contribution >= 4 is 46.1 Å². The van der Waals surface area contributed by atoms with Crippen molar-refractivity contribution in [3.05, 3.63) is 58.4 Å². The Labute approximate surface area is 175 Å². The number of nitrogens with zero attached hydrogens (tertiary/aromatic N) is 3. The topological polar surface area (TPSA) is 92.5 Å². The average molecular weight is 430 g/mol. The Morgan fingerprint density at radius 2 is 1.97 bits per heavy atom. The number of carboxylic acid groups (broad SMARTS) is 1. The fourth-order valence-corrected chi connectivity index (χ4v) is 4.03. The van der Waals surface area contributed by atoms with E-state index in [4.69, 9.17) is 11.6 Å². The summed E-state index contributed by atoms with van der Waals surface area (Å²) in [4.78, 5) is 38.3. The quantitative estimate of drug-likeness (QED) is 0.686. The number of anilines is 1. The predicted octanol–water partition coefficient (Wildman–Crippen LogP) is 3.65. The van der Waals surface area contributed by atoms with Crippen LogP contribution in [0.2, 0.25) is 5.02 Å². The fraction of sp³-hybridized carbons (Fsp3) is 0.238. The highest BCUT2D eigenvalue weighted by Crippen LogP contribution is 2.33. The lowest BCUT2D eigenvalue weighted by Crippen LogP contribution is -2.41. The molecule has 0 aliphatic carbocycles. The van der Waals surface area contributed by atoms with Crippen LogP contribution in [-0.2, 0) is 9.59 Å². The van der Waals surface area contributed by atoms with E-state index in [1.165, 1.54) is 23.1 Å². The number of hydrogen-bond acceptors (Lipinski definition) is 4. The van der Waals surface area contributed by atoms with Crippen LogP contribution in [0.15, 0.2) is 36.4 Å². The van der Waals surface area contributed by atoms with Gasteiger partial charge < -0.3 is 5.11 Å². The van der Waals surface area contributed by atoms with Gasteiger partial charge >= 0.3 is 5.97 Å². The SMILES string of the molecule is Cc1cccc(Cl)c1C(=O)n1nc(N2CCC(C(=O)O)CC2=O)c2c(F)cccc21. The Balaban J connectivity index is 1.85. The number of carbonyl (C=O) groups excluding carboxylic acids is 2. The minimum absolute atomic E-state index is 0.00463. The molecule has 1 aliphatic heterocycles. The number of benzene rings is 2. The predicted molar refractivity (Wildman–Crippen MR) is 108 cm³/mol. The Morgan fingerprint density at radius 3 is 2.63 bits per heavy atom. The van der Waals surface area contributed by atoms with Gasteiger partial charge in [-0.25, -0.2) is 4.39 Å². The lowest BCUT2D eigenvalue weighted by molar-refractivity contribution is -0.144. The van der Waals surface area contributed by atoms with Crippen molar-refractivity contribution < 1.29 is 23.9 Å². The number of amides is 1. The standard InChI is InChI=1S/C21H17ClFN3O4/c1-11-4-2-5-13(22)17(11)20(28)26-15-7-3-6-14(23)18(15)19(24-26)25-9-8-12(21(29)30)10-16(25)27/h2-7,12H,8-10H2,1H3,(H,29,30). The zero-order valence-electron chi connectivity index (χ0n) is 15.9. The van der Waals surface area contributed by atoms with Crippen LogP contribution in [0, 0.1) is 18.7 Å². The van der Waals surface area contributed by atoms with E-state index < -0.39 is 29.5 Å². The highest BCUT2D eigenvalue weighted by molar-refractivity contribution is 6.34.